The molecule has 0 aliphatic rings. The number of aromatic carboxylic acids is 1. The van der Waals surface area contributed by atoms with Crippen molar-refractivity contribution in [2.45, 2.75) is 33.5 Å². The molecule has 0 aliphatic carbocycles. The summed E-state index contributed by atoms with van der Waals surface area (Å²) in [4.78, 5) is 24.5. The van der Waals surface area contributed by atoms with Crippen LogP contribution in [-0.2, 0) is 24.4 Å². The molecule has 8 nitrogen and oxygen atoms in total. The first kappa shape index (κ1) is 15.7. The van der Waals surface area contributed by atoms with Gasteiger partial charge in [-0.05, 0) is 13.8 Å². The molecule has 2 heterocycles. The lowest BCUT2D eigenvalue weighted by atomic mass is 10.2. The van der Waals surface area contributed by atoms with E-state index in [9.17, 15) is 9.59 Å². The molecule has 0 aliphatic heterocycles. The van der Waals surface area contributed by atoms with Gasteiger partial charge in [0, 0.05) is 38.1 Å². The van der Waals surface area contributed by atoms with E-state index in [1.54, 1.807) is 11.9 Å². The molecule has 1 N–H and O–H groups in total. The molecule has 118 valence electrons. The minimum absolute atomic E-state index is 0.00470. The summed E-state index contributed by atoms with van der Waals surface area (Å²) in [5, 5.41) is 17.1. The van der Waals surface area contributed by atoms with E-state index in [2.05, 4.69) is 10.2 Å². The third kappa shape index (κ3) is 3.51. The standard InChI is InChI=1S/C14H19N5O3/c1-4-18-8-12(10(2)16-18)6-17(3)13(20)9-19-7-11(5-15-19)14(21)22/h5,7-8H,4,6,9H2,1-3H3,(H,21,22). The molecule has 0 bridgehead atoms. The van der Waals surface area contributed by atoms with Crippen LogP contribution in [0.15, 0.2) is 18.6 Å². The molecular formula is C14H19N5O3. The van der Waals surface area contributed by atoms with Crippen molar-refractivity contribution in [2.24, 2.45) is 0 Å². The van der Waals surface area contributed by atoms with Gasteiger partial charge in [-0.1, -0.05) is 0 Å². The van der Waals surface area contributed by atoms with E-state index in [0.717, 1.165) is 17.8 Å². The normalized spacial score (nSPS) is 10.7. The van der Waals surface area contributed by atoms with E-state index in [0.29, 0.717) is 6.54 Å². The molecule has 2 rings (SSSR count). The predicted molar refractivity (Wildman–Crippen MR) is 78.3 cm³/mol. The Bertz CT molecular complexity index is 688. The summed E-state index contributed by atoms with van der Waals surface area (Å²) in [6.45, 7) is 5.15. The number of aryl methyl sites for hydroxylation is 2. The molecule has 2 aromatic heterocycles. The minimum Gasteiger partial charge on any atom is -0.478 e. The average Bonchev–Trinajstić information content (AvgIpc) is 3.06. The van der Waals surface area contributed by atoms with Crippen LogP contribution in [0.4, 0.5) is 0 Å². The van der Waals surface area contributed by atoms with E-state index in [1.165, 1.54) is 17.1 Å². The number of carbonyl (C=O) groups excluding carboxylic acids is 1. The number of hydrogen-bond donors (Lipinski definition) is 1. The molecule has 1 amide bonds. The fourth-order valence-corrected chi connectivity index (χ4v) is 2.04. The maximum Gasteiger partial charge on any atom is 0.338 e. The van der Waals surface area contributed by atoms with Crippen LogP contribution in [-0.4, -0.2) is 48.5 Å². The first-order chi connectivity index (χ1) is 10.4. The molecule has 0 spiro atoms. The van der Waals surface area contributed by atoms with Gasteiger partial charge in [-0.25, -0.2) is 4.79 Å². The number of amides is 1. The number of nitrogens with zero attached hydrogens (tertiary/aromatic N) is 5. The van der Waals surface area contributed by atoms with E-state index >= 15 is 0 Å². The Morgan fingerprint density at radius 3 is 2.59 bits per heavy atom. The Morgan fingerprint density at radius 2 is 2.05 bits per heavy atom. The maximum atomic E-state index is 12.2. The lowest BCUT2D eigenvalue weighted by Gasteiger charge is -2.16. The van der Waals surface area contributed by atoms with Gasteiger partial charge in [-0.2, -0.15) is 10.2 Å². The van der Waals surface area contributed by atoms with Crippen LogP contribution in [0.25, 0.3) is 0 Å². The van der Waals surface area contributed by atoms with Crippen molar-refractivity contribution in [3.8, 4) is 0 Å². The Kier molecular flexibility index (Phi) is 4.59. The van der Waals surface area contributed by atoms with Gasteiger partial charge in [0.05, 0.1) is 17.5 Å². The topological polar surface area (TPSA) is 93.2 Å². The van der Waals surface area contributed by atoms with Crippen LogP contribution in [0, 0.1) is 6.92 Å². The van der Waals surface area contributed by atoms with Crippen molar-refractivity contribution >= 4 is 11.9 Å². The van der Waals surface area contributed by atoms with Crippen molar-refractivity contribution in [2.75, 3.05) is 7.05 Å². The summed E-state index contributed by atoms with van der Waals surface area (Å²) in [6, 6.07) is 0. The van der Waals surface area contributed by atoms with Crippen molar-refractivity contribution in [3.63, 3.8) is 0 Å². The highest BCUT2D eigenvalue weighted by molar-refractivity contribution is 5.87. The van der Waals surface area contributed by atoms with E-state index in [1.807, 2.05) is 24.7 Å². The summed E-state index contributed by atoms with van der Waals surface area (Å²) in [5.41, 5.74) is 1.95. The quantitative estimate of drug-likeness (QED) is 0.850. The zero-order chi connectivity index (χ0) is 16.3. The third-order valence-corrected chi connectivity index (χ3v) is 3.38. The van der Waals surface area contributed by atoms with Crippen LogP contribution in [0.3, 0.4) is 0 Å². The molecule has 0 unspecified atom stereocenters. The van der Waals surface area contributed by atoms with Crippen LogP contribution in [0.5, 0.6) is 0 Å². The lowest BCUT2D eigenvalue weighted by molar-refractivity contribution is -0.131. The van der Waals surface area contributed by atoms with Gasteiger partial charge in [-0.15, -0.1) is 0 Å². The summed E-state index contributed by atoms with van der Waals surface area (Å²) < 4.78 is 3.15. The fraction of sp³-hybridized carbons (Fsp3) is 0.429. The second-order valence-corrected chi connectivity index (χ2v) is 5.08. The van der Waals surface area contributed by atoms with Gasteiger partial charge in [0.15, 0.2) is 0 Å². The Hall–Kier alpha value is -2.64. The highest BCUT2D eigenvalue weighted by atomic mass is 16.4. The zero-order valence-electron chi connectivity index (χ0n) is 12.9. The molecule has 0 saturated carbocycles. The number of carboxylic acids is 1. The van der Waals surface area contributed by atoms with Crippen LogP contribution in [0.1, 0.15) is 28.5 Å². The second-order valence-electron chi connectivity index (χ2n) is 5.08. The molecule has 0 saturated heterocycles. The van der Waals surface area contributed by atoms with E-state index in [-0.39, 0.29) is 18.0 Å². The zero-order valence-corrected chi connectivity index (χ0v) is 12.9. The van der Waals surface area contributed by atoms with Crippen molar-refractivity contribution in [1.82, 2.24) is 24.5 Å². The summed E-state index contributed by atoms with van der Waals surface area (Å²) in [5.74, 6) is -1.21. The van der Waals surface area contributed by atoms with Crippen LogP contribution in [0.2, 0.25) is 0 Å². The molecule has 22 heavy (non-hydrogen) atoms. The smallest absolute Gasteiger partial charge is 0.338 e. The molecule has 0 radical (unpaired) electrons. The first-order valence-electron chi connectivity index (χ1n) is 6.93. The van der Waals surface area contributed by atoms with E-state index in [4.69, 9.17) is 5.11 Å². The lowest BCUT2D eigenvalue weighted by Crippen LogP contribution is -2.30. The van der Waals surface area contributed by atoms with Crippen LogP contribution >= 0.6 is 0 Å². The second kappa shape index (κ2) is 6.42. The minimum atomic E-state index is -1.06. The molecule has 8 heteroatoms. The summed E-state index contributed by atoms with van der Waals surface area (Å²) in [6.07, 6.45) is 4.50. The Morgan fingerprint density at radius 1 is 1.32 bits per heavy atom. The predicted octanol–water partition coefficient (Wildman–Crippen LogP) is 0.765. The molecule has 0 atom stereocenters. The highest BCUT2D eigenvalue weighted by Crippen LogP contribution is 2.09. The van der Waals surface area contributed by atoms with Crippen molar-refractivity contribution in [1.29, 1.82) is 0 Å². The number of rotatable bonds is 6. The number of carboxylic acid groups (broad SMARTS) is 1. The van der Waals surface area contributed by atoms with Gasteiger partial charge in [0.25, 0.3) is 0 Å². The highest BCUT2D eigenvalue weighted by Gasteiger charge is 2.14. The summed E-state index contributed by atoms with van der Waals surface area (Å²) in [7, 11) is 1.70. The molecule has 2 aromatic rings. The van der Waals surface area contributed by atoms with Crippen LogP contribution < -0.4 is 0 Å². The van der Waals surface area contributed by atoms with Gasteiger partial charge in [0.2, 0.25) is 5.91 Å². The molecular weight excluding hydrogens is 286 g/mol. The monoisotopic (exact) mass is 305 g/mol. The van der Waals surface area contributed by atoms with Crippen molar-refractivity contribution < 1.29 is 14.7 Å². The van der Waals surface area contributed by atoms with Gasteiger partial charge in [-0.3, -0.25) is 14.2 Å². The van der Waals surface area contributed by atoms with Gasteiger partial charge >= 0.3 is 5.97 Å². The first-order valence-corrected chi connectivity index (χ1v) is 6.93. The summed E-state index contributed by atoms with van der Waals surface area (Å²) >= 11 is 0. The molecule has 0 aromatic carbocycles. The van der Waals surface area contributed by atoms with Gasteiger partial charge < -0.3 is 10.0 Å². The molecule has 0 fully saturated rings. The number of likely N-dealkylation sites (N-methyl/N-ethyl adjacent to an activating group) is 1. The van der Waals surface area contributed by atoms with Gasteiger partial charge in [0.1, 0.15) is 6.54 Å². The number of carbonyl (C=O) groups is 2. The Labute approximate surface area is 127 Å². The SMILES string of the molecule is CCn1cc(CN(C)C(=O)Cn2cc(C(=O)O)cn2)c(C)n1. The van der Waals surface area contributed by atoms with Crippen molar-refractivity contribution in [3.05, 3.63) is 35.4 Å². The number of hydrogen-bond acceptors (Lipinski definition) is 4. The average molecular weight is 305 g/mol. The van der Waals surface area contributed by atoms with E-state index < -0.39 is 5.97 Å². The maximum absolute atomic E-state index is 12.2. The Balaban J connectivity index is 1.99. The number of aromatic nitrogens is 4. The third-order valence-electron chi connectivity index (χ3n) is 3.38. The largest absolute Gasteiger partial charge is 0.478 e. The fourth-order valence-electron chi connectivity index (χ4n) is 2.04.